The first-order valence-electron chi connectivity index (χ1n) is 10.6. The van der Waals surface area contributed by atoms with E-state index in [1.165, 1.54) is 24.6 Å². The van der Waals surface area contributed by atoms with E-state index >= 15 is 0 Å². The maximum atomic E-state index is 13.5. The van der Waals surface area contributed by atoms with Crippen molar-refractivity contribution in [3.05, 3.63) is 64.7 Å². The minimum Gasteiger partial charge on any atom is -0.493 e. The molecular formula is C24H30F2N2O3. The van der Waals surface area contributed by atoms with Crippen LogP contribution in [0.15, 0.2) is 36.4 Å². The summed E-state index contributed by atoms with van der Waals surface area (Å²) in [5, 5.41) is 16.9. The van der Waals surface area contributed by atoms with Gasteiger partial charge in [-0.05, 0) is 41.7 Å². The standard InChI is InChI=1S/C24H30F2N2O3/c1-14(2)17-4-5-24-20(11-17)21(6-7-31-24)27-13-23(30)22(28-15(3)29)10-16-8-18(25)12-19(26)9-16/h4-5,8-9,11-12,14,21-23,27,30H,6-7,10,13H2,1-3H3,(H,28,29)/t21?,22-,23-/m0/s1. The Morgan fingerprint density at radius 1 is 1.19 bits per heavy atom. The summed E-state index contributed by atoms with van der Waals surface area (Å²) in [4.78, 5) is 11.6. The zero-order valence-electron chi connectivity index (χ0n) is 18.1. The summed E-state index contributed by atoms with van der Waals surface area (Å²) in [6.45, 7) is 6.38. The summed E-state index contributed by atoms with van der Waals surface area (Å²) >= 11 is 0. The van der Waals surface area contributed by atoms with Crippen molar-refractivity contribution in [3.63, 3.8) is 0 Å². The van der Waals surface area contributed by atoms with E-state index in [0.717, 1.165) is 23.8 Å². The number of nitrogens with one attached hydrogen (secondary N) is 2. The fraction of sp³-hybridized carbons (Fsp3) is 0.458. The lowest BCUT2D eigenvalue weighted by Gasteiger charge is -2.30. The Hall–Kier alpha value is -2.51. The van der Waals surface area contributed by atoms with Gasteiger partial charge in [0.1, 0.15) is 17.4 Å². The van der Waals surface area contributed by atoms with Crippen LogP contribution in [0.2, 0.25) is 0 Å². The molecule has 1 amide bonds. The summed E-state index contributed by atoms with van der Waals surface area (Å²) in [7, 11) is 0. The van der Waals surface area contributed by atoms with Crippen LogP contribution in [0.4, 0.5) is 8.78 Å². The SMILES string of the molecule is CC(=O)N[C@@H](Cc1cc(F)cc(F)c1)[C@@H](O)CNC1CCOc2ccc(C(C)C)cc21. The van der Waals surface area contributed by atoms with Crippen molar-refractivity contribution in [2.45, 2.75) is 57.7 Å². The lowest BCUT2D eigenvalue weighted by atomic mass is 9.93. The molecule has 0 saturated carbocycles. The highest BCUT2D eigenvalue weighted by molar-refractivity contribution is 5.73. The number of fused-ring (bicyclic) bond motifs is 1. The van der Waals surface area contributed by atoms with Gasteiger partial charge in [0.25, 0.3) is 0 Å². The third kappa shape index (κ3) is 6.24. The second-order valence-electron chi connectivity index (χ2n) is 8.41. The lowest BCUT2D eigenvalue weighted by Crippen LogP contribution is -2.48. The molecule has 0 bridgehead atoms. The molecule has 1 heterocycles. The number of rotatable bonds is 8. The molecule has 0 fully saturated rings. The van der Waals surface area contributed by atoms with Gasteiger partial charge in [0, 0.05) is 37.6 Å². The van der Waals surface area contributed by atoms with Crippen LogP contribution in [0.3, 0.4) is 0 Å². The molecule has 2 aromatic carbocycles. The number of ether oxygens (including phenoxy) is 1. The molecule has 3 rings (SSSR count). The van der Waals surface area contributed by atoms with Crippen LogP contribution in [0, 0.1) is 11.6 Å². The van der Waals surface area contributed by atoms with E-state index in [2.05, 4.69) is 36.6 Å². The third-order valence-corrected chi connectivity index (χ3v) is 5.54. The summed E-state index contributed by atoms with van der Waals surface area (Å²) in [6, 6.07) is 8.70. The van der Waals surface area contributed by atoms with Crippen LogP contribution >= 0.6 is 0 Å². The zero-order chi connectivity index (χ0) is 22.5. The van der Waals surface area contributed by atoms with E-state index in [-0.39, 0.29) is 24.9 Å². The topological polar surface area (TPSA) is 70.6 Å². The summed E-state index contributed by atoms with van der Waals surface area (Å²) < 4.78 is 32.9. The normalized spacial score (nSPS) is 17.6. The Bertz CT molecular complexity index is 899. The summed E-state index contributed by atoms with van der Waals surface area (Å²) in [6.07, 6.45) is -0.0880. The molecule has 0 spiro atoms. The summed E-state index contributed by atoms with van der Waals surface area (Å²) in [5.41, 5.74) is 2.63. The van der Waals surface area contributed by atoms with Gasteiger partial charge in [-0.2, -0.15) is 0 Å². The van der Waals surface area contributed by atoms with Crippen molar-refractivity contribution < 1.29 is 23.4 Å². The van der Waals surface area contributed by atoms with Crippen LogP contribution in [0.1, 0.15) is 55.8 Å². The molecule has 0 radical (unpaired) electrons. The Labute approximate surface area is 181 Å². The molecule has 5 nitrogen and oxygen atoms in total. The van der Waals surface area contributed by atoms with Crippen LogP contribution in [0.25, 0.3) is 0 Å². The Morgan fingerprint density at radius 3 is 2.55 bits per heavy atom. The van der Waals surface area contributed by atoms with Gasteiger partial charge in [-0.25, -0.2) is 8.78 Å². The molecule has 1 unspecified atom stereocenters. The molecule has 2 aromatic rings. The minimum absolute atomic E-state index is 0.00157. The van der Waals surface area contributed by atoms with Gasteiger partial charge in [-0.15, -0.1) is 0 Å². The highest BCUT2D eigenvalue weighted by atomic mass is 19.1. The van der Waals surface area contributed by atoms with Gasteiger partial charge in [0.15, 0.2) is 0 Å². The molecule has 7 heteroatoms. The van der Waals surface area contributed by atoms with Gasteiger partial charge in [-0.3, -0.25) is 4.79 Å². The number of amides is 1. The van der Waals surface area contributed by atoms with Gasteiger partial charge in [0.2, 0.25) is 5.91 Å². The van der Waals surface area contributed by atoms with Crippen LogP contribution in [-0.4, -0.2) is 36.3 Å². The van der Waals surface area contributed by atoms with Crippen LogP contribution < -0.4 is 15.4 Å². The van der Waals surface area contributed by atoms with Crippen LogP contribution in [0.5, 0.6) is 5.75 Å². The highest BCUT2D eigenvalue weighted by Crippen LogP contribution is 2.34. The number of benzene rings is 2. The minimum atomic E-state index is -0.949. The molecular weight excluding hydrogens is 402 g/mol. The number of hydrogen-bond donors (Lipinski definition) is 3. The monoisotopic (exact) mass is 432 g/mol. The van der Waals surface area contributed by atoms with E-state index in [1.54, 1.807) is 0 Å². The largest absolute Gasteiger partial charge is 0.493 e. The van der Waals surface area contributed by atoms with E-state index in [4.69, 9.17) is 4.74 Å². The zero-order valence-corrected chi connectivity index (χ0v) is 18.1. The van der Waals surface area contributed by atoms with Crippen molar-refractivity contribution in [1.82, 2.24) is 10.6 Å². The van der Waals surface area contributed by atoms with Crippen molar-refractivity contribution in [2.75, 3.05) is 13.2 Å². The number of aliphatic hydroxyl groups is 1. The Kier molecular flexibility index (Phi) is 7.62. The molecule has 1 aliphatic heterocycles. The number of carbonyl (C=O) groups is 1. The van der Waals surface area contributed by atoms with Crippen molar-refractivity contribution in [1.29, 1.82) is 0 Å². The maximum absolute atomic E-state index is 13.5. The van der Waals surface area contributed by atoms with E-state index in [9.17, 15) is 18.7 Å². The average molecular weight is 433 g/mol. The fourth-order valence-corrected chi connectivity index (χ4v) is 3.92. The lowest BCUT2D eigenvalue weighted by molar-refractivity contribution is -0.120. The molecule has 168 valence electrons. The van der Waals surface area contributed by atoms with E-state index in [1.807, 2.05) is 6.07 Å². The second-order valence-corrected chi connectivity index (χ2v) is 8.41. The number of halogens is 2. The highest BCUT2D eigenvalue weighted by Gasteiger charge is 2.26. The first-order chi connectivity index (χ1) is 14.7. The van der Waals surface area contributed by atoms with Gasteiger partial charge >= 0.3 is 0 Å². The van der Waals surface area contributed by atoms with Crippen molar-refractivity contribution in [3.8, 4) is 5.75 Å². The molecule has 1 aliphatic rings. The predicted molar refractivity (Wildman–Crippen MR) is 115 cm³/mol. The fourth-order valence-electron chi connectivity index (χ4n) is 3.92. The molecule has 3 atom stereocenters. The van der Waals surface area contributed by atoms with Gasteiger partial charge in [-0.1, -0.05) is 26.0 Å². The maximum Gasteiger partial charge on any atom is 0.217 e. The Balaban J connectivity index is 1.70. The smallest absolute Gasteiger partial charge is 0.217 e. The quantitative estimate of drug-likeness (QED) is 0.596. The average Bonchev–Trinajstić information content (AvgIpc) is 2.70. The second kappa shape index (κ2) is 10.2. The predicted octanol–water partition coefficient (Wildman–Crippen LogP) is 3.61. The van der Waals surface area contributed by atoms with E-state index < -0.39 is 23.8 Å². The summed E-state index contributed by atoms with van der Waals surface area (Å²) in [5.74, 6) is -0.489. The van der Waals surface area contributed by atoms with Crippen molar-refractivity contribution >= 4 is 5.91 Å². The number of carbonyl (C=O) groups excluding carboxylic acids is 1. The number of aliphatic hydroxyl groups excluding tert-OH is 1. The van der Waals surface area contributed by atoms with E-state index in [0.29, 0.717) is 18.1 Å². The molecule has 31 heavy (non-hydrogen) atoms. The number of hydrogen-bond acceptors (Lipinski definition) is 4. The Morgan fingerprint density at radius 2 is 1.90 bits per heavy atom. The molecule has 0 aliphatic carbocycles. The third-order valence-electron chi connectivity index (χ3n) is 5.54. The molecule has 0 saturated heterocycles. The first kappa shape index (κ1) is 23.2. The molecule has 3 N–H and O–H groups in total. The van der Waals surface area contributed by atoms with Crippen LogP contribution in [-0.2, 0) is 11.2 Å². The first-order valence-corrected chi connectivity index (χ1v) is 10.6. The van der Waals surface area contributed by atoms with Gasteiger partial charge < -0.3 is 20.5 Å². The van der Waals surface area contributed by atoms with Gasteiger partial charge in [0.05, 0.1) is 18.8 Å². The van der Waals surface area contributed by atoms with Crippen molar-refractivity contribution in [2.24, 2.45) is 0 Å². The molecule has 0 aromatic heterocycles.